The number of aromatic nitrogens is 4. The molecule has 0 unspecified atom stereocenters. The molecule has 2 aromatic heterocycles. The Kier molecular flexibility index (Phi) is 3.68. The lowest BCUT2D eigenvalue weighted by atomic mass is 10.2. The maximum Gasteiger partial charge on any atom is 0.270 e. The lowest BCUT2D eigenvalue weighted by molar-refractivity contribution is 0.102. The molecule has 1 aromatic carbocycles. The van der Waals surface area contributed by atoms with Gasteiger partial charge in [0.15, 0.2) is 0 Å². The summed E-state index contributed by atoms with van der Waals surface area (Å²) < 4.78 is 0. The van der Waals surface area contributed by atoms with Gasteiger partial charge in [0.25, 0.3) is 5.91 Å². The normalized spacial score (nSPS) is 10.6. The van der Waals surface area contributed by atoms with Gasteiger partial charge in [0, 0.05) is 10.6 Å². The molecule has 0 spiro atoms. The summed E-state index contributed by atoms with van der Waals surface area (Å²) in [5, 5.41) is 10.3. The van der Waals surface area contributed by atoms with Crippen molar-refractivity contribution >= 4 is 34.8 Å². The van der Waals surface area contributed by atoms with Crippen LogP contribution in [0.2, 0.25) is 5.02 Å². The third-order valence-electron chi connectivity index (χ3n) is 2.72. The number of hydrogen-bond acceptors (Lipinski definition) is 5. The predicted molar refractivity (Wildman–Crippen MR) is 81.6 cm³/mol. The van der Waals surface area contributed by atoms with Gasteiger partial charge >= 0.3 is 0 Å². The van der Waals surface area contributed by atoms with Gasteiger partial charge in [-0.1, -0.05) is 23.7 Å². The quantitative estimate of drug-likeness (QED) is 0.776. The van der Waals surface area contributed by atoms with Crippen molar-refractivity contribution in [1.82, 2.24) is 20.2 Å². The predicted octanol–water partition coefficient (Wildman–Crippen LogP) is 3.14. The zero-order chi connectivity index (χ0) is 14.8. The molecule has 2 heterocycles. The summed E-state index contributed by atoms with van der Waals surface area (Å²) in [5.74, 6) is 0.0344. The molecule has 3 rings (SSSR count). The molecule has 6 nitrogen and oxygen atoms in total. The topological polar surface area (TPSA) is 83.6 Å². The molecule has 0 aliphatic heterocycles. The second kappa shape index (κ2) is 5.63. The van der Waals surface area contributed by atoms with Crippen molar-refractivity contribution in [3.8, 4) is 10.6 Å². The summed E-state index contributed by atoms with van der Waals surface area (Å²) in [5.41, 5.74) is 1.54. The first-order valence-electron chi connectivity index (χ1n) is 6.03. The van der Waals surface area contributed by atoms with Gasteiger partial charge in [-0.15, -0.1) is 11.3 Å². The van der Waals surface area contributed by atoms with E-state index in [0.717, 1.165) is 10.6 Å². The number of thiazole rings is 1. The van der Waals surface area contributed by atoms with E-state index in [1.807, 2.05) is 18.2 Å². The fraction of sp³-hybridized carbons (Fsp3) is 0.0769. The van der Waals surface area contributed by atoms with E-state index < -0.39 is 0 Å². The molecular weight excluding hydrogens is 310 g/mol. The van der Waals surface area contributed by atoms with Crippen LogP contribution in [0.15, 0.2) is 30.6 Å². The highest BCUT2D eigenvalue weighted by Crippen LogP contribution is 2.29. The minimum absolute atomic E-state index is 0.268. The van der Waals surface area contributed by atoms with Crippen LogP contribution in [0, 0.1) is 6.92 Å². The van der Waals surface area contributed by atoms with Crippen molar-refractivity contribution in [3.05, 3.63) is 46.2 Å². The Morgan fingerprint density at radius 1 is 1.43 bits per heavy atom. The molecule has 21 heavy (non-hydrogen) atoms. The van der Waals surface area contributed by atoms with Crippen molar-refractivity contribution < 1.29 is 4.79 Å². The molecule has 3 aromatic rings. The van der Waals surface area contributed by atoms with E-state index in [4.69, 9.17) is 11.6 Å². The van der Waals surface area contributed by atoms with Crippen LogP contribution in [0.3, 0.4) is 0 Å². The number of amides is 1. The molecule has 0 fully saturated rings. The second-order valence-electron chi connectivity index (χ2n) is 4.23. The van der Waals surface area contributed by atoms with E-state index in [2.05, 4.69) is 25.5 Å². The molecule has 0 bridgehead atoms. The number of carbonyl (C=O) groups is 1. The Morgan fingerprint density at radius 2 is 2.29 bits per heavy atom. The van der Waals surface area contributed by atoms with Gasteiger partial charge in [-0.3, -0.25) is 10.1 Å². The van der Waals surface area contributed by atoms with Gasteiger partial charge in [0.2, 0.25) is 5.95 Å². The lowest BCUT2D eigenvalue weighted by Gasteiger charge is -1.98. The third-order valence-corrected chi connectivity index (χ3v) is 4.16. The summed E-state index contributed by atoms with van der Waals surface area (Å²) in [4.78, 5) is 21.0. The van der Waals surface area contributed by atoms with Crippen LogP contribution in [-0.4, -0.2) is 26.1 Å². The third kappa shape index (κ3) is 2.93. The first-order chi connectivity index (χ1) is 10.1. The number of rotatable bonds is 3. The maximum atomic E-state index is 12.2. The molecule has 0 saturated carbocycles. The second-order valence-corrected chi connectivity index (χ2v) is 5.67. The lowest BCUT2D eigenvalue weighted by Crippen LogP contribution is -2.12. The van der Waals surface area contributed by atoms with Crippen LogP contribution in [-0.2, 0) is 0 Å². The van der Waals surface area contributed by atoms with Crippen molar-refractivity contribution in [2.24, 2.45) is 0 Å². The fourth-order valence-corrected chi connectivity index (χ4v) is 2.93. The number of halogens is 1. The largest absolute Gasteiger partial charge is 0.290 e. The van der Waals surface area contributed by atoms with E-state index in [1.54, 1.807) is 13.0 Å². The maximum absolute atomic E-state index is 12.2. The summed E-state index contributed by atoms with van der Waals surface area (Å²) in [6.45, 7) is 1.79. The number of H-pyrrole nitrogens is 1. The van der Waals surface area contributed by atoms with Crippen LogP contribution in [0.4, 0.5) is 5.95 Å². The Labute approximate surface area is 129 Å². The number of hydrogen-bond donors (Lipinski definition) is 2. The van der Waals surface area contributed by atoms with Crippen LogP contribution >= 0.6 is 22.9 Å². The average Bonchev–Trinajstić information content (AvgIpc) is 3.08. The molecular formula is C13H10ClN5OS. The molecule has 0 aliphatic rings. The average molecular weight is 320 g/mol. The van der Waals surface area contributed by atoms with Crippen molar-refractivity contribution in [3.63, 3.8) is 0 Å². The molecule has 8 heteroatoms. The number of anilines is 1. The number of nitrogens with zero attached hydrogens (tertiary/aromatic N) is 3. The van der Waals surface area contributed by atoms with E-state index in [0.29, 0.717) is 21.5 Å². The highest BCUT2D eigenvalue weighted by molar-refractivity contribution is 7.17. The molecule has 2 N–H and O–H groups in total. The van der Waals surface area contributed by atoms with Gasteiger partial charge in [-0.2, -0.15) is 10.1 Å². The Balaban J connectivity index is 1.89. The zero-order valence-corrected chi connectivity index (χ0v) is 12.5. The van der Waals surface area contributed by atoms with Crippen molar-refractivity contribution in [2.45, 2.75) is 6.92 Å². The van der Waals surface area contributed by atoms with Gasteiger partial charge < -0.3 is 0 Å². The van der Waals surface area contributed by atoms with E-state index in [1.165, 1.54) is 17.7 Å². The SMILES string of the molecule is Cc1nc(-c2cccc(Cl)c2)sc1C(=O)Nc1ncn[nH]1. The highest BCUT2D eigenvalue weighted by atomic mass is 35.5. The van der Waals surface area contributed by atoms with E-state index >= 15 is 0 Å². The van der Waals surface area contributed by atoms with Gasteiger partial charge in [-0.25, -0.2) is 10.1 Å². The molecule has 0 aliphatic carbocycles. The Bertz CT molecular complexity index is 784. The number of aryl methyl sites for hydroxylation is 1. The minimum atomic E-state index is -0.268. The van der Waals surface area contributed by atoms with Crippen LogP contribution in [0.1, 0.15) is 15.4 Å². The Morgan fingerprint density at radius 3 is 3.00 bits per heavy atom. The van der Waals surface area contributed by atoms with Gasteiger partial charge in [0.05, 0.1) is 5.69 Å². The van der Waals surface area contributed by atoms with Crippen LogP contribution in [0.25, 0.3) is 10.6 Å². The minimum Gasteiger partial charge on any atom is -0.290 e. The van der Waals surface area contributed by atoms with Crippen LogP contribution in [0.5, 0.6) is 0 Å². The molecule has 1 amide bonds. The smallest absolute Gasteiger partial charge is 0.270 e. The summed E-state index contributed by atoms with van der Waals surface area (Å²) in [6, 6.07) is 7.37. The summed E-state index contributed by atoms with van der Waals surface area (Å²) in [6.07, 6.45) is 1.33. The van der Waals surface area contributed by atoms with E-state index in [9.17, 15) is 4.79 Å². The zero-order valence-electron chi connectivity index (χ0n) is 10.9. The van der Waals surface area contributed by atoms with Crippen molar-refractivity contribution in [1.29, 1.82) is 0 Å². The Hall–Kier alpha value is -2.25. The van der Waals surface area contributed by atoms with Crippen molar-refractivity contribution in [2.75, 3.05) is 5.32 Å². The molecule has 0 saturated heterocycles. The highest BCUT2D eigenvalue weighted by Gasteiger charge is 2.17. The number of benzene rings is 1. The number of nitrogens with one attached hydrogen (secondary N) is 2. The van der Waals surface area contributed by atoms with Gasteiger partial charge in [0.1, 0.15) is 16.2 Å². The molecule has 0 atom stereocenters. The number of carbonyl (C=O) groups excluding carboxylic acids is 1. The molecule has 106 valence electrons. The monoisotopic (exact) mass is 319 g/mol. The summed E-state index contributed by atoms with van der Waals surface area (Å²) in [7, 11) is 0. The summed E-state index contributed by atoms with van der Waals surface area (Å²) >= 11 is 7.28. The van der Waals surface area contributed by atoms with Crippen LogP contribution < -0.4 is 5.32 Å². The standard InChI is InChI=1S/C13H10ClN5OS/c1-7-10(11(20)18-13-15-6-16-19-13)21-12(17-7)8-3-2-4-9(14)5-8/h2-6H,1H3,(H2,15,16,18,19,20). The van der Waals surface area contributed by atoms with E-state index in [-0.39, 0.29) is 5.91 Å². The fourth-order valence-electron chi connectivity index (χ4n) is 1.78. The molecule has 0 radical (unpaired) electrons. The first-order valence-corrected chi connectivity index (χ1v) is 7.23. The first kappa shape index (κ1) is 13.7. The van der Waals surface area contributed by atoms with Gasteiger partial charge in [-0.05, 0) is 19.1 Å². The number of aromatic amines is 1.